The highest BCUT2D eigenvalue weighted by Gasteiger charge is 2.55. The fourth-order valence-electron chi connectivity index (χ4n) is 5.69. The summed E-state index contributed by atoms with van der Waals surface area (Å²) in [4.78, 5) is 23.0. The van der Waals surface area contributed by atoms with Gasteiger partial charge in [0.05, 0.1) is 34.7 Å². The molecule has 1 amide bonds. The highest BCUT2D eigenvalue weighted by Crippen LogP contribution is 2.47. The molecule has 4 aromatic rings. The van der Waals surface area contributed by atoms with E-state index in [0.717, 1.165) is 5.69 Å². The number of pyridine rings is 2. The van der Waals surface area contributed by atoms with Gasteiger partial charge in [0.15, 0.2) is 17.2 Å². The van der Waals surface area contributed by atoms with Crippen molar-refractivity contribution in [2.24, 2.45) is 0 Å². The molecule has 1 unspecified atom stereocenters. The van der Waals surface area contributed by atoms with Crippen molar-refractivity contribution in [2.45, 2.75) is 63.8 Å². The molecule has 0 spiro atoms. The quantitative estimate of drug-likeness (QED) is 0.381. The normalized spacial score (nSPS) is 23.6. The van der Waals surface area contributed by atoms with E-state index in [4.69, 9.17) is 14.2 Å². The van der Waals surface area contributed by atoms with Crippen LogP contribution in [0.15, 0.2) is 60.9 Å². The second-order valence-corrected chi connectivity index (χ2v) is 10.5. The average Bonchev–Trinajstić information content (AvgIpc) is 3.49. The number of nitrogens with one attached hydrogen (secondary N) is 1. The van der Waals surface area contributed by atoms with Crippen LogP contribution in [0.2, 0.25) is 0 Å². The van der Waals surface area contributed by atoms with Crippen molar-refractivity contribution in [3.8, 4) is 5.75 Å². The summed E-state index contributed by atoms with van der Waals surface area (Å²) in [6, 6.07) is 12.6. The van der Waals surface area contributed by atoms with Crippen LogP contribution in [0.25, 0.3) is 5.65 Å². The zero-order valence-electron chi connectivity index (χ0n) is 21.8. The molecule has 1 saturated carbocycles. The van der Waals surface area contributed by atoms with Gasteiger partial charge in [-0.2, -0.15) is 0 Å². The molecule has 3 atom stereocenters. The van der Waals surface area contributed by atoms with Gasteiger partial charge in [0.2, 0.25) is 0 Å². The van der Waals surface area contributed by atoms with E-state index >= 15 is 0 Å². The third kappa shape index (κ3) is 4.53. The molecule has 2 aliphatic rings. The molecule has 4 heterocycles. The van der Waals surface area contributed by atoms with Crippen LogP contribution in [-0.2, 0) is 21.6 Å². The summed E-state index contributed by atoms with van der Waals surface area (Å²) in [6.45, 7) is 5.17. The summed E-state index contributed by atoms with van der Waals surface area (Å²) in [6.07, 6.45) is 4.02. The van der Waals surface area contributed by atoms with Crippen molar-refractivity contribution >= 4 is 11.6 Å². The monoisotopic (exact) mass is 534 g/mol. The zero-order valence-corrected chi connectivity index (χ0v) is 21.8. The minimum absolute atomic E-state index is 0.183. The fourth-order valence-corrected chi connectivity index (χ4v) is 5.69. The number of hydrogen-bond donors (Lipinski definition) is 1. The molecule has 6 rings (SSSR count). The van der Waals surface area contributed by atoms with Crippen LogP contribution < -0.4 is 10.1 Å². The Balaban J connectivity index is 1.31. The van der Waals surface area contributed by atoms with E-state index in [1.54, 1.807) is 35.9 Å². The van der Waals surface area contributed by atoms with E-state index in [-0.39, 0.29) is 30.3 Å². The first kappa shape index (κ1) is 25.4. The van der Waals surface area contributed by atoms with E-state index in [9.17, 15) is 13.6 Å². The van der Waals surface area contributed by atoms with Crippen molar-refractivity contribution < 1.29 is 27.8 Å². The minimum Gasteiger partial charge on any atom is -0.485 e. The van der Waals surface area contributed by atoms with Gasteiger partial charge in [0, 0.05) is 25.2 Å². The standard InChI is InChI=1S/C29H28F2N4O4/c1-17-25(35-13-7-10-21(26(35)33-17)37-16-18-19(30)8-6-9-20(18)31)27(36)34-29(24-11-4-5-12-32-24)14-22-23(15-29)39-28(2,3)38-22/h4-13,22-23H,14-16H2,1-3H3,(H,34,36)/t22-,23+,29?. The van der Waals surface area contributed by atoms with Crippen LogP contribution in [0.3, 0.4) is 0 Å². The molecule has 0 radical (unpaired) electrons. The van der Waals surface area contributed by atoms with Crippen molar-refractivity contribution in [3.05, 3.63) is 95.2 Å². The third-order valence-electron chi connectivity index (χ3n) is 7.33. The lowest BCUT2D eigenvalue weighted by molar-refractivity contribution is -0.155. The summed E-state index contributed by atoms with van der Waals surface area (Å²) < 4.78 is 47.9. The van der Waals surface area contributed by atoms with E-state index < -0.39 is 23.0 Å². The first-order valence-corrected chi connectivity index (χ1v) is 12.8. The summed E-state index contributed by atoms with van der Waals surface area (Å²) in [5, 5.41) is 3.23. The van der Waals surface area contributed by atoms with Crippen LogP contribution in [0, 0.1) is 18.6 Å². The smallest absolute Gasteiger partial charge is 0.270 e. The SMILES string of the molecule is Cc1nc2c(OCc3c(F)cccc3F)cccn2c1C(=O)NC1(c2ccccn2)C[C@@H]2OC(C)(C)O[C@@H]2C1. The summed E-state index contributed by atoms with van der Waals surface area (Å²) >= 11 is 0. The number of rotatable bonds is 6. The van der Waals surface area contributed by atoms with Gasteiger partial charge in [-0.05, 0) is 57.2 Å². The molecule has 1 N–H and O–H groups in total. The number of hydrogen-bond acceptors (Lipinski definition) is 6. The molecule has 202 valence electrons. The first-order chi connectivity index (χ1) is 18.7. The predicted octanol–water partition coefficient (Wildman–Crippen LogP) is 4.83. The van der Waals surface area contributed by atoms with Gasteiger partial charge < -0.3 is 19.5 Å². The second-order valence-electron chi connectivity index (χ2n) is 10.5. The molecular formula is C29H28F2N4O4. The number of imidazole rings is 1. The zero-order chi connectivity index (χ0) is 27.4. The maximum absolute atomic E-state index is 14.1. The lowest BCUT2D eigenvalue weighted by Crippen LogP contribution is -2.46. The van der Waals surface area contributed by atoms with Gasteiger partial charge in [-0.15, -0.1) is 0 Å². The molecule has 1 aliphatic heterocycles. The lowest BCUT2D eigenvalue weighted by Gasteiger charge is -2.32. The van der Waals surface area contributed by atoms with Crippen LogP contribution in [0.4, 0.5) is 8.78 Å². The molecule has 2 fully saturated rings. The van der Waals surface area contributed by atoms with Crippen molar-refractivity contribution in [3.63, 3.8) is 0 Å². The number of nitrogens with zero attached hydrogens (tertiary/aromatic N) is 3. The van der Waals surface area contributed by atoms with E-state index in [0.29, 0.717) is 35.6 Å². The van der Waals surface area contributed by atoms with E-state index in [1.807, 2.05) is 32.0 Å². The maximum Gasteiger partial charge on any atom is 0.270 e. The largest absolute Gasteiger partial charge is 0.485 e. The van der Waals surface area contributed by atoms with Crippen molar-refractivity contribution in [1.29, 1.82) is 0 Å². The molecule has 10 heteroatoms. The number of benzene rings is 1. The Morgan fingerprint density at radius 3 is 2.46 bits per heavy atom. The minimum atomic E-state index is -0.808. The third-order valence-corrected chi connectivity index (χ3v) is 7.33. The number of aryl methyl sites for hydroxylation is 1. The van der Waals surface area contributed by atoms with Gasteiger partial charge in [0.25, 0.3) is 5.91 Å². The predicted molar refractivity (Wildman–Crippen MR) is 137 cm³/mol. The second kappa shape index (κ2) is 9.39. The number of aromatic nitrogens is 3. The molecule has 1 aliphatic carbocycles. The summed E-state index contributed by atoms with van der Waals surface area (Å²) in [5.41, 5.74) is 0.890. The topological polar surface area (TPSA) is 87.0 Å². The molecule has 0 bridgehead atoms. The average molecular weight is 535 g/mol. The summed E-state index contributed by atoms with van der Waals surface area (Å²) in [5.74, 6) is -2.13. The summed E-state index contributed by atoms with van der Waals surface area (Å²) in [7, 11) is 0. The molecule has 8 nitrogen and oxygen atoms in total. The molecular weight excluding hydrogens is 506 g/mol. The number of fused-ring (bicyclic) bond motifs is 2. The van der Waals surface area contributed by atoms with Gasteiger partial charge in [-0.25, -0.2) is 13.8 Å². The Hall–Kier alpha value is -3.89. The highest BCUT2D eigenvalue weighted by molar-refractivity contribution is 5.95. The Kier molecular flexibility index (Phi) is 6.11. The van der Waals surface area contributed by atoms with Crippen LogP contribution in [-0.4, -0.2) is 38.3 Å². The number of halogens is 2. The lowest BCUT2D eigenvalue weighted by atomic mass is 9.91. The molecule has 3 aromatic heterocycles. The van der Waals surface area contributed by atoms with Crippen molar-refractivity contribution in [2.75, 3.05) is 0 Å². The van der Waals surface area contributed by atoms with Crippen LogP contribution in [0.5, 0.6) is 5.75 Å². The Labute approximate surface area is 223 Å². The van der Waals surface area contributed by atoms with Gasteiger partial charge in [-0.3, -0.25) is 14.2 Å². The Morgan fingerprint density at radius 1 is 1.08 bits per heavy atom. The van der Waals surface area contributed by atoms with E-state index in [1.165, 1.54) is 18.2 Å². The van der Waals surface area contributed by atoms with Gasteiger partial charge >= 0.3 is 0 Å². The number of carbonyl (C=O) groups is 1. The number of ether oxygens (including phenoxy) is 3. The highest BCUT2D eigenvalue weighted by atomic mass is 19.1. The van der Waals surface area contributed by atoms with Crippen LogP contribution in [0.1, 0.15) is 54.1 Å². The Bertz CT molecular complexity index is 1520. The molecule has 39 heavy (non-hydrogen) atoms. The number of amides is 1. The number of carbonyl (C=O) groups excluding carboxylic acids is 1. The molecule has 1 aromatic carbocycles. The first-order valence-electron chi connectivity index (χ1n) is 12.8. The van der Waals surface area contributed by atoms with Gasteiger partial charge in [-0.1, -0.05) is 12.1 Å². The maximum atomic E-state index is 14.1. The van der Waals surface area contributed by atoms with Gasteiger partial charge in [0.1, 0.15) is 23.9 Å². The van der Waals surface area contributed by atoms with E-state index in [2.05, 4.69) is 15.3 Å². The van der Waals surface area contributed by atoms with Crippen molar-refractivity contribution in [1.82, 2.24) is 19.7 Å². The fraction of sp³-hybridized carbons (Fsp3) is 0.345. The molecule has 1 saturated heterocycles. The van der Waals surface area contributed by atoms with Crippen LogP contribution >= 0.6 is 0 Å². The Morgan fingerprint density at radius 2 is 1.79 bits per heavy atom.